The second kappa shape index (κ2) is 8.46. The average Bonchev–Trinajstić information content (AvgIpc) is 3.04. The second-order valence-corrected chi connectivity index (χ2v) is 8.01. The van der Waals surface area contributed by atoms with Gasteiger partial charge in [0.15, 0.2) is 0 Å². The summed E-state index contributed by atoms with van der Waals surface area (Å²) in [6, 6.07) is 11.6. The largest absolute Gasteiger partial charge is 0.508 e. The number of hydrogen-bond donors (Lipinski definition) is 1. The molecule has 0 heterocycles. The Morgan fingerprint density at radius 1 is 1.10 bits per heavy atom. The summed E-state index contributed by atoms with van der Waals surface area (Å²) in [5.74, 6) is -0.146. The zero-order valence-electron chi connectivity index (χ0n) is 16.7. The van der Waals surface area contributed by atoms with Gasteiger partial charge in [0.1, 0.15) is 11.9 Å². The summed E-state index contributed by atoms with van der Waals surface area (Å²) in [5, 5.41) is 9.77. The molecule has 0 spiro atoms. The van der Waals surface area contributed by atoms with Gasteiger partial charge < -0.3 is 14.6 Å². The smallest absolute Gasteiger partial charge is 0.336 e. The van der Waals surface area contributed by atoms with Crippen molar-refractivity contribution in [2.75, 3.05) is 14.2 Å². The van der Waals surface area contributed by atoms with E-state index in [1.165, 1.54) is 7.11 Å². The number of rotatable bonds is 3. The van der Waals surface area contributed by atoms with Crippen LogP contribution in [0.15, 0.2) is 60.2 Å². The predicted octanol–water partition coefficient (Wildman–Crippen LogP) is 5.37. The number of aromatic hydroxyl groups is 1. The van der Waals surface area contributed by atoms with Crippen molar-refractivity contribution in [3.63, 3.8) is 0 Å². The van der Waals surface area contributed by atoms with Crippen molar-refractivity contribution >= 4 is 44.1 Å². The zero-order valence-corrected chi connectivity index (χ0v) is 18.3. The van der Waals surface area contributed by atoms with Gasteiger partial charge in [-0.1, -0.05) is 46.3 Å². The molecule has 5 heteroatoms. The lowest BCUT2D eigenvalue weighted by Gasteiger charge is -2.12. The molecule has 4 rings (SSSR count). The number of carbonyl (C=O) groups excluding carboxylic acids is 1. The minimum absolute atomic E-state index is 0.272. The molecule has 0 bridgehead atoms. The van der Waals surface area contributed by atoms with Crippen molar-refractivity contribution in [2.24, 2.45) is 0 Å². The number of phenolic OH excluding ortho intramolecular Hbond substituents is 1. The molecule has 2 aromatic rings. The summed E-state index contributed by atoms with van der Waals surface area (Å²) >= 11 is 3.62. The number of hydrogen-bond acceptors (Lipinski definition) is 4. The van der Waals surface area contributed by atoms with Gasteiger partial charge >= 0.3 is 5.97 Å². The van der Waals surface area contributed by atoms with Crippen LogP contribution in [0.5, 0.6) is 5.75 Å². The summed E-state index contributed by atoms with van der Waals surface area (Å²) in [6.45, 7) is 0. The number of ether oxygens (including phenoxy) is 2. The van der Waals surface area contributed by atoms with E-state index in [0.717, 1.165) is 44.3 Å². The van der Waals surface area contributed by atoms with Crippen molar-refractivity contribution in [2.45, 2.75) is 12.5 Å². The molecule has 30 heavy (non-hydrogen) atoms. The highest BCUT2D eigenvalue weighted by atomic mass is 79.9. The highest BCUT2D eigenvalue weighted by Gasteiger charge is 2.24. The molecule has 0 amide bonds. The van der Waals surface area contributed by atoms with E-state index in [2.05, 4.69) is 46.3 Å². The van der Waals surface area contributed by atoms with Crippen LogP contribution in [-0.2, 0) is 20.7 Å². The Balaban J connectivity index is 1.83. The van der Waals surface area contributed by atoms with Crippen LogP contribution < -0.4 is 0 Å². The number of halogens is 1. The molecule has 0 radical (unpaired) electrons. The van der Waals surface area contributed by atoms with Gasteiger partial charge in [-0.3, -0.25) is 0 Å². The van der Waals surface area contributed by atoms with Crippen molar-refractivity contribution in [3.05, 3.63) is 88.0 Å². The van der Waals surface area contributed by atoms with E-state index in [-0.39, 0.29) is 5.75 Å². The number of carbonyl (C=O) groups is 1. The standard InChI is InChI=1S/C25H21BrO4/c1-29-24-14-23(26)21-9-7-18(11-19(21)13-22(24)25(28)30-2)15-4-3-5-16-12-20(27)8-6-17(16)10-15/h3-4,6-14,24,27H,5H2,1-2H3. The third-order valence-electron chi connectivity index (χ3n) is 5.31. The Kier molecular flexibility index (Phi) is 5.75. The van der Waals surface area contributed by atoms with E-state index >= 15 is 0 Å². The van der Waals surface area contributed by atoms with E-state index in [1.54, 1.807) is 19.2 Å². The Bertz CT molecular complexity index is 1140. The fraction of sp³-hybridized carbons (Fsp3) is 0.160. The Morgan fingerprint density at radius 3 is 2.70 bits per heavy atom. The first-order valence-electron chi connectivity index (χ1n) is 9.55. The topological polar surface area (TPSA) is 55.8 Å². The molecular formula is C25H21BrO4. The molecule has 2 aliphatic carbocycles. The first-order chi connectivity index (χ1) is 14.5. The molecule has 0 aliphatic heterocycles. The van der Waals surface area contributed by atoms with Gasteiger partial charge in [-0.05, 0) is 76.2 Å². The lowest BCUT2D eigenvalue weighted by Crippen LogP contribution is -2.19. The molecule has 0 saturated carbocycles. The lowest BCUT2D eigenvalue weighted by molar-refractivity contribution is -0.137. The quantitative estimate of drug-likeness (QED) is 0.620. The predicted molar refractivity (Wildman–Crippen MR) is 123 cm³/mol. The van der Waals surface area contributed by atoms with Crippen molar-refractivity contribution in [1.29, 1.82) is 0 Å². The van der Waals surface area contributed by atoms with Crippen LogP contribution in [0, 0.1) is 0 Å². The maximum Gasteiger partial charge on any atom is 0.336 e. The molecule has 152 valence electrons. The molecule has 1 N–H and O–H groups in total. The van der Waals surface area contributed by atoms with Gasteiger partial charge in [-0.15, -0.1) is 0 Å². The molecule has 1 unspecified atom stereocenters. The van der Waals surface area contributed by atoms with Gasteiger partial charge in [0.25, 0.3) is 0 Å². The van der Waals surface area contributed by atoms with E-state index in [4.69, 9.17) is 9.47 Å². The molecule has 0 aromatic heterocycles. The van der Waals surface area contributed by atoms with E-state index in [0.29, 0.717) is 5.57 Å². The summed E-state index contributed by atoms with van der Waals surface area (Å²) in [5.41, 5.74) is 6.57. The molecule has 2 aliphatic rings. The summed E-state index contributed by atoms with van der Waals surface area (Å²) in [7, 11) is 2.93. The van der Waals surface area contributed by atoms with Gasteiger partial charge in [0.2, 0.25) is 0 Å². The minimum Gasteiger partial charge on any atom is -0.508 e. The van der Waals surface area contributed by atoms with Crippen molar-refractivity contribution < 1.29 is 19.4 Å². The SMILES string of the molecule is COC(=O)C1=Cc2cc(C3=Cc4ccc(O)cc4CC=C3)ccc2C(Br)=CC1OC. The molecular weight excluding hydrogens is 444 g/mol. The molecule has 0 fully saturated rings. The summed E-state index contributed by atoms with van der Waals surface area (Å²) in [6.07, 6.45) is 10.2. The summed E-state index contributed by atoms with van der Waals surface area (Å²) in [4.78, 5) is 12.3. The van der Waals surface area contributed by atoms with E-state index in [9.17, 15) is 9.90 Å². The molecule has 0 saturated heterocycles. The number of esters is 1. The van der Waals surface area contributed by atoms with Crippen LogP contribution in [0.4, 0.5) is 0 Å². The normalized spacial score (nSPS) is 17.6. The maximum absolute atomic E-state index is 12.3. The second-order valence-electron chi connectivity index (χ2n) is 7.15. The Labute approximate surface area is 184 Å². The Morgan fingerprint density at radius 2 is 1.93 bits per heavy atom. The van der Waals surface area contributed by atoms with Gasteiger partial charge in [0, 0.05) is 11.6 Å². The van der Waals surface area contributed by atoms with Gasteiger partial charge in [-0.25, -0.2) is 4.79 Å². The number of fused-ring (bicyclic) bond motifs is 2. The molecule has 1 atom stereocenters. The third-order valence-corrected chi connectivity index (χ3v) is 6.00. The number of methoxy groups -OCH3 is 2. The van der Waals surface area contributed by atoms with Crippen molar-refractivity contribution in [3.8, 4) is 5.75 Å². The fourth-order valence-electron chi connectivity index (χ4n) is 3.75. The van der Waals surface area contributed by atoms with E-state index < -0.39 is 12.1 Å². The average molecular weight is 465 g/mol. The van der Waals surface area contributed by atoms with Crippen LogP contribution in [0.3, 0.4) is 0 Å². The lowest BCUT2D eigenvalue weighted by atomic mass is 9.96. The van der Waals surface area contributed by atoms with Crippen LogP contribution in [0.1, 0.15) is 27.8 Å². The highest BCUT2D eigenvalue weighted by molar-refractivity contribution is 9.15. The maximum atomic E-state index is 12.3. The first kappa shape index (κ1) is 20.4. The minimum atomic E-state index is -0.501. The number of benzene rings is 2. The Hall–Kier alpha value is -2.89. The van der Waals surface area contributed by atoms with Crippen LogP contribution in [-0.4, -0.2) is 31.4 Å². The van der Waals surface area contributed by atoms with Crippen LogP contribution in [0.25, 0.3) is 22.2 Å². The zero-order chi connectivity index (χ0) is 21.3. The number of phenols is 1. The highest BCUT2D eigenvalue weighted by Crippen LogP contribution is 2.35. The van der Waals surface area contributed by atoms with Crippen molar-refractivity contribution in [1.82, 2.24) is 0 Å². The first-order valence-corrected chi connectivity index (χ1v) is 10.3. The van der Waals surface area contributed by atoms with Gasteiger partial charge in [0.05, 0.1) is 12.7 Å². The van der Waals surface area contributed by atoms with Crippen LogP contribution >= 0.6 is 15.9 Å². The van der Waals surface area contributed by atoms with Gasteiger partial charge in [-0.2, -0.15) is 0 Å². The monoisotopic (exact) mass is 464 g/mol. The fourth-order valence-corrected chi connectivity index (χ4v) is 4.35. The van der Waals surface area contributed by atoms with Crippen LogP contribution in [0.2, 0.25) is 0 Å². The third kappa shape index (κ3) is 3.91. The van der Waals surface area contributed by atoms with E-state index in [1.807, 2.05) is 24.3 Å². The molecule has 2 aromatic carbocycles. The number of allylic oxidation sites excluding steroid dienone is 3. The summed E-state index contributed by atoms with van der Waals surface area (Å²) < 4.78 is 11.3. The molecule has 4 nitrogen and oxygen atoms in total.